The molecule has 2 saturated heterocycles. The van der Waals surface area contributed by atoms with Crippen LogP contribution in [-0.2, 0) is 52.5 Å². The molecule has 3 N–H and O–H groups in total. The zero-order valence-corrected chi connectivity index (χ0v) is 47.8. The molecule has 16 heteroatoms. The molecule has 0 aromatic rings. The molecule has 15 nitrogen and oxygen atoms in total. The number of esters is 1. The Kier molecular flexibility index (Phi) is 25.0. The molecule has 4 rings (SSSR count). The quantitative estimate of drug-likeness (QED) is 0.0726. The summed E-state index contributed by atoms with van der Waals surface area (Å²) in [5.74, 6) is -7.86. The summed E-state index contributed by atoms with van der Waals surface area (Å²) in [6.45, 7) is 16.5. The van der Waals surface area contributed by atoms with Gasteiger partial charge in [0.05, 0.1) is 18.3 Å². The molecule has 1 aliphatic carbocycles. The van der Waals surface area contributed by atoms with E-state index >= 15 is 0 Å². The number of carbonyl (C=O) groups excluding carboxylic acids is 6. The first-order chi connectivity index (χ1) is 34.8. The molecule has 3 aliphatic heterocycles. The van der Waals surface area contributed by atoms with E-state index in [1.807, 2.05) is 71.2 Å². The van der Waals surface area contributed by atoms with Crippen LogP contribution < -0.4 is 0 Å². The number of carbonyl (C=O) groups is 6. The monoisotopic (exact) mass is 1060 g/mol. The summed E-state index contributed by atoms with van der Waals surface area (Å²) >= 11 is 0. The average molecular weight is 1060 g/mol. The molecule has 1 amide bonds. The van der Waals surface area contributed by atoms with E-state index < -0.39 is 86.1 Å². The number of nitrogens with zero attached hydrogens (tertiary/aromatic N) is 1. The molecule has 418 valence electrons. The van der Waals surface area contributed by atoms with Crippen LogP contribution in [0.25, 0.3) is 0 Å². The van der Waals surface area contributed by atoms with Crippen molar-refractivity contribution in [1.82, 2.24) is 4.90 Å². The molecule has 0 aromatic carbocycles. The van der Waals surface area contributed by atoms with Crippen LogP contribution in [-0.4, -0.2) is 140 Å². The van der Waals surface area contributed by atoms with Crippen LogP contribution in [0.4, 0.5) is 0 Å². The molecule has 1 saturated carbocycles. The Morgan fingerprint density at radius 3 is 2.27 bits per heavy atom. The number of methoxy groups -OCH3 is 3. The van der Waals surface area contributed by atoms with E-state index in [9.17, 15) is 43.8 Å². The van der Waals surface area contributed by atoms with Gasteiger partial charge in [-0.15, -0.1) is 0 Å². The van der Waals surface area contributed by atoms with E-state index in [2.05, 4.69) is 0 Å². The highest BCUT2D eigenvalue weighted by Gasteiger charge is 2.53. The van der Waals surface area contributed by atoms with Crippen LogP contribution in [0.15, 0.2) is 47.6 Å². The zero-order chi connectivity index (χ0) is 55.1. The van der Waals surface area contributed by atoms with Gasteiger partial charge in [-0.2, -0.15) is 0 Å². The van der Waals surface area contributed by atoms with Gasteiger partial charge in [0.15, 0.2) is 14.1 Å². The van der Waals surface area contributed by atoms with Crippen molar-refractivity contribution < 1.29 is 67.5 Å². The predicted molar refractivity (Wildman–Crippen MR) is 286 cm³/mol. The number of fused-ring (bicyclic) bond motifs is 3. The minimum absolute atomic E-state index is 0.00856. The second-order valence-corrected chi connectivity index (χ2v) is 27.3. The van der Waals surface area contributed by atoms with Crippen LogP contribution in [0, 0.1) is 41.4 Å². The summed E-state index contributed by atoms with van der Waals surface area (Å²) in [5, 5.41) is 23.6. The Morgan fingerprint density at radius 1 is 0.892 bits per heavy atom. The van der Waals surface area contributed by atoms with E-state index in [4.69, 9.17) is 23.7 Å². The Morgan fingerprint density at radius 2 is 1.61 bits per heavy atom. The second-order valence-electron chi connectivity index (χ2n) is 23.2. The normalized spacial score (nSPS) is 37.1. The molecule has 2 bridgehead atoms. The molecule has 15 atom stereocenters. The molecule has 3 fully saturated rings. The molecule has 0 spiro atoms. The van der Waals surface area contributed by atoms with Crippen LogP contribution in [0.5, 0.6) is 0 Å². The fourth-order valence-electron chi connectivity index (χ4n) is 11.6. The molecule has 4 aliphatic rings. The standard InChI is InChI=1S/C58H93NO14Si/c1-36-19-14-13-15-20-37(2)49(69-8)34-46-26-23-42(7)58(67,73-46)55(64)56(65)59-27-17-16-22-47(59)57(66)72-50(35-48(61)38(3)30-41(6)53(63)54(71-10)52(62)40(5)29-36)39(4)31-43-24-25-44(51(32-43)70-9)33-45(60)21-18-28-74(11,12)68/h13-15,19-20,30,36,38-40,42-44,46-47,49-51,53-54,63,67-68H,16-18,21-29,31-35H2,1-12H3/b15-13+,19-14+,37-20+,41-30+/t36-,38-,39+,40-,42-,43+,44+,46+,47+,49+,50+,51-,53-,54+,58-/m1/s1. The van der Waals surface area contributed by atoms with E-state index in [-0.39, 0.29) is 66.5 Å². The van der Waals surface area contributed by atoms with Gasteiger partial charge < -0.3 is 43.6 Å². The number of ketones is 4. The molecular formula is C58H93NO14Si. The zero-order valence-electron chi connectivity index (χ0n) is 46.8. The third kappa shape index (κ3) is 18.1. The molecular weight excluding hydrogens is 963 g/mol. The number of aliphatic hydroxyl groups is 2. The lowest BCUT2D eigenvalue weighted by molar-refractivity contribution is -0.265. The van der Waals surface area contributed by atoms with Crippen LogP contribution in [0.3, 0.4) is 0 Å². The van der Waals surface area contributed by atoms with Gasteiger partial charge in [0, 0.05) is 71.3 Å². The first kappa shape index (κ1) is 63.1. The first-order valence-corrected chi connectivity index (χ1v) is 30.7. The number of aliphatic hydroxyl groups excluding tert-OH is 1. The topological polar surface area (TPSA) is 212 Å². The number of ether oxygens (including phenoxy) is 5. The van der Waals surface area contributed by atoms with Crippen molar-refractivity contribution in [2.75, 3.05) is 27.9 Å². The molecule has 74 heavy (non-hydrogen) atoms. The largest absolute Gasteiger partial charge is 0.460 e. The van der Waals surface area contributed by atoms with E-state index in [1.54, 1.807) is 41.1 Å². The second kappa shape index (κ2) is 29.3. The highest BCUT2D eigenvalue weighted by Crippen LogP contribution is 2.39. The number of Topliss-reactive ketones (excluding diaryl/α,β-unsaturated/α-hetero) is 4. The predicted octanol–water partition coefficient (Wildman–Crippen LogP) is 8.37. The molecule has 0 radical (unpaired) electrons. The van der Waals surface area contributed by atoms with E-state index in [0.717, 1.165) is 18.4 Å². The Labute approximate surface area is 443 Å². The highest BCUT2D eigenvalue weighted by atomic mass is 28.4. The Balaban J connectivity index is 1.66. The number of hydrogen-bond donors (Lipinski definition) is 3. The third-order valence-corrected chi connectivity index (χ3v) is 18.0. The number of cyclic esters (lactones) is 1. The van der Waals surface area contributed by atoms with Gasteiger partial charge in [0.1, 0.15) is 35.9 Å². The van der Waals surface area contributed by atoms with Gasteiger partial charge in [-0.3, -0.25) is 24.0 Å². The first-order valence-electron chi connectivity index (χ1n) is 27.6. The fraction of sp³-hybridized carbons (Fsp3) is 0.759. The van der Waals surface area contributed by atoms with Crippen molar-refractivity contribution in [1.29, 1.82) is 0 Å². The van der Waals surface area contributed by atoms with Crippen LogP contribution in [0.1, 0.15) is 145 Å². The smallest absolute Gasteiger partial charge is 0.329 e. The lowest BCUT2D eigenvalue weighted by atomic mass is 9.73. The summed E-state index contributed by atoms with van der Waals surface area (Å²) in [4.78, 5) is 95.9. The van der Waals surface area contributed by atoms with Gasteiger partial charge in [0.25, 0.3) is 11.7 Å². The highest BCUT2D eigenvalue weighted by molar-refractivity contribution is 6.69. The maximum atomic E-state index is 14.6. The fourth-order valence-corrected chi connectivity index (χ4v) is 12.6. The van der Waals surface area contributed by atoms with Crippen molar-refractivity contribution in [3.63, 3.8) is 0 Å². The lowest BCUT2D eigenvalue weighted by Gasteiger charge is -2.42. The average Bonchev–Trinajstić information content (AvgIpc) is 3.35. The lowest BCUT2D eigenvalue weighted by Crippen LogP contribution is -2.61. The van der Waals surface area contributed by atoms with Gasteiger partial charge in [-0.1, -0.05) is 71.1 Å². The van der Waals surface area contributed by atoms with Crippen molar-refractivity contribution in [2.24, 2.45) is 41.4 Å². The number of allylic oxidation sites excluding steroid dienone is 6. The van der Waals surface area contributed by atoms with E-state index in [1.165, 1.54) is 12.0 Å². The van der Waals surface area contributed by atoms with Gasteiger partial charge in [-0.05, 0) is 138 Å². The van der Waals surface area contributed by atoms with Crippen LogP contribution in [0.2, 0.25) is 19.1 Å². The Bertz CT molecular complexity index is 2030. The van der Waals surface area contributed by atoms with Crippen molar-refractivity contribution in [3.05, 3.63) is 47.6 Å². The van der Waals surface area contributed by atoms with Crippen molar-refractivity contribution >= 4 is 43.3 Å². The summed E-state index contributed by atoms with van der Waals surface area (Å²) in [6, 6.07) is -0.486. The van der Waals surface area contributed by atoms with Gasteiger partial charge in [-0.25, -0.2) is 4.79 Å². The summed E-state index contributed by atoms with van der Waals surface area (Å²) < 4.78 is 30.0. The Hall–Kier alpha value is -3.48. The molecule has 0 aromatic heterocycles. The molecule has 3 heterocycles. The SMILES string of the molecule is CO[C@H]1C[C@@H]2CC[C@@H](C)[C@@](O)(O2)C(=O)C(=O)N2CCCC[C@H]2C(=O)O[C@H]([C@@H](C)C[C@@H]2CC[C@@H](CC(=O)CCC[Si](C)(C)O)[C@H](OC)C2)CC(=O)[C@H](C)/C=C(\C)[C@@H](O)[C@@H](OC)C(=O)[C@H](C)C[C@H](C)/C=C/C=C/C=C/1C. The maximum Gasteiger partial charge on any atom is 0.329 e. The summed E-state index contributed by atoms with van der Waals surface area (Å²) in [6.07, 6.45) is 13.7. The van der Waals surface area contributed by atoms with E-state index in [0.29, 0.717) is 82.2 Å². The van der Waals surface area contributed by atoms with Crippen LogP contribution >= 0.6 is 0 Å². The van der Waals surface area contributed by atoms with Gasteiger partial charge in [0.2, 0.25) is 5.79 Å². The minimum atomic E-state index is -2.44. The van der Waals surface area contributed by atoms with Gasteiger partial charge >= 0.3 is 5.97 Å². The number of hydrogen-bond acceptors (Lipinski definition) is 14. The number of amides is 1. The number of rotatable bonds is 12. The number of piperidine rings is 1. The third-order valence-electron chi connectivity index (χ3n) is 16.4. The molecule has 0 unspecified atom stereocenters. The summed E-state index contributed by atoms with van der Waals surface area (Å²) in [5.41, 5.74) is 1.26. The summed E-state index contributed by atoms with van der Waals surface area (Å²) in [7, 11) is 2.37. The van der Waals surface area contributed by atoms with Crippen molar-refractivity contribution in [3.8, 4) is 0 Å². The maximum absolute atomic E-state index is 14.6. The van der Waals surface area contributed by atoms with Crippen molar-refractivity contribution in [2.45, 2.75) is 212 Å². The minimum Gasteiger partial charge on any atom is -0.460 e.